The molecule has 0 saturated heterocycles. The molecule has 0 radical (unpaired) electrons. The van der Waals surface area contributed by atoms with E-state index in [0.717, 1.165) is 25.2 Å². The first-order chi connectivity index (χ1) is 13.0. The molecule has 0 amide bonds. The molecule has 0 bridgehead atoms. The van der Waals surface area contributed by atoms with Crippen LogP contribution in [0.15, 0.2) is 5.16 Å². The summed E-state index contributed by atoms with van der Waals surface area (Å²) < 4.78 is 0. The largest absolute Gasteiger partial charge is 0.411 e. The van der Waals surface area contributed by atoms with Crippen LogP contribution in [0.25, 0.3) is 0 Å². The molecule has 4 N–H and O–H groups in total. The Balaban J connectivity index is -0.000000152. The van der Waals surface area contributed by atoms with Crippen LogP contribution < -0.4 is 10.6 Å². The van der Waals surface area contributed by atoms with Crippen molar-refractivity contribution in [2.75, 3.05) is 13.1 Å². The van der Waals surface area contributed by atoms with Gasteiger partial charge in [-0.2, -0.15) is 0 Å². The van der Waals surface area contributed by atoms with Gasteiger partial charge in [0.2, 0.25) is 0 Å². The Morgan fingerprint density at radius 2 is 1.14 bits per heavy atom. The van der Waals surface area contributed by atoms with Gasteiger partial charge in [0, 0.05) is 16.7 Å². The first-order valence-electron chi connectivity index (χ1n) is 11.2. The quantitative estimate of drug-likeness (QED) is 0.216. The summed E-state index contributed by atoms with van der Waals surface area (Å²) in [6, 6.07) is 0. The zero-order chi connectivity index (χ0) is 24.3. The van der Waals surface area contributed by atoms with E-state index in [1.807, 2.05) is 41.5 Å². The van der Waals surface area contributed by atoms with Crippen LogP contribution in [0.2, 0.25) is 0 Å². The van der Waals surface area contributed by atoms with Crippen molar-refractivity contribution in [3.63, 3.8) is 0 Å². The Bertz CT molecular complexity index is 402. The molecular formula is C24H56N4O. The second kappa shape index (κ2) is 19.0. The Hall–Kier alpha value is -0.940. The highest BCUT2D eigenvalue weighted by atomic mass is 16.4. The minimum atomic E-state index is -0.115. The summed E-state index contributed by atoms with van der Waals surface area (Å²) in [5.41, 5.74) is 1.65. The monoisotopic (exact) mass is 416 g/mol. The van der Waals surface area contributed by atoms with Gasteiger partial charge in [0.1, 0.15) is 0 Å². The van der Waals surface area contributed by atoms with Gasteiger partial charge in [0.05, 0.1) is 11.3 Å². The lowest BCUT2D eigenvalue weighted by molar-refractivity contribution is 0.310. The van der Waals surface area contributed by atoms with Crippen LogP contribution in [-0.2, 0) is 0 Å². The average molecular weight is 417 g/mol. The van der Waals surface area contributed by atoms with Gasteiger partial charge in [0.25, 0.3) is 0 Å². The van der Waals surface area contributed by atoms with Gasteiger partial charge in [-0.3, -0.25) is 0 Å². The van der Waals surface area contributed by atoms with E-state index >= 15 is 0 Å². The third kappa shape index (κ3) is 32.0. The summed E-state index contributed by atoms with van der Waals surface area (Å²) in [6.07, 6.45) is 3.59. The second-order valence-corrected chi connectivity index (χ2v) is 10.00. The second-order valence-electron chi connectivity index (χ2n) is 10.00. The highest BCUT2D eigenvalue weighted by Crippen LogP contribution is 2.14. The third-order valence-corrected chi connectivity index (χ3v) is 3.90. The zero-order valence-corrected chi connectivity index (χ0v) is 22.4. The summed E-state index contributed by atoms with van der Waals surface area (Å²) in [4.78, 5) is 0. The SMILES string of the molecule is C/C(=N/O)C(C)(C)C.CCC.CCCNC(C)(C)C.CCCNC(C)(C)C(C)=N. The molecule has 0 aliphatic rings. The van der Waals surface area contributed by atoms with Crippen LogP contribution >= 0.6 is 0 Å². The van der Waals surface area contributed by atoms with Gasteiger partial charge in [-0.1, -0.05) is 60.0 Å². The predicted molar refractivity (Wildman–Crippen MR) is 134 cm³/mol. The van der Waals surface area contributed by atoms with E-state index in [9.17, 15) is 0 Å². The average Bonchev–Trinajstić information content (AvgIpc) is 2.57. The van der Waals surface area contributed by atoms with Crippen molar-refractivity contribution in [3.8, 4) is 0 Å². The van der Waals surface area contributed by atoms with E-state index < -0.39 is 0 Å². The van der Waals surface area contributed by atoms with Crippen LogP contribution in [0.4, 0.5) is 0 Å². The molecule has 0 aliphatic carbocycles. The maximum absolute atomic E-state index is 8.26. The van der Waals surface area contributed by atoms with Gasteiger partial charge >= 0.3 is 0 Å². The van der Waals surface area contributed by atoms with Gasteiger partial charge < -0.3 is 21.3 Å². The normalized spacial score (nSPS) is 11.9. The molecule has 0 aromatic rings. The highest BCUT2D eigenvalue weighted by Gasteiger charge is 2.17. The maximum Gasteiger partial charge on any atom is 0.0593 e. The summed E-state index contributed by atoms with van der Waals surface area (Å²) in [6.45, 7) is 30.9. The minimum absolute atomic E-state index is 0.00868. The number of nitrogens with one attached hydrogen (secondary N) is 3. The fraction of sp³-hybridized carbons (Fsp3) is 0.917. The number of hydrogen-bond donors (Lipinski definition) is 4. The molecule has 0 aliphatic heterocycles. The van der Waals surface area contributed by atoms with E-state index in [4.69, 9.17) is 10.6 Å². The molecule has 178 valence electrons. The summed E-state index contributed by atoms with van der Waals surface area (Å²) >= 11 is 0. The summed E-state index contributed by atoms with van der Waals surface area (Å²) in [7, 11) is 0. The fourth-order valence-corrected chi connectivity index (χ4v) is 1.22. The lowest BCUT2D eigenvalue weighted by Gasteiger charge is -2.24. The van der Waals surface area contributed by atoms with Crippen molar-refractivity contribution in [1.29, 1.82) is 5.41 Å². The lowest BCUT2D eigenvalue weighted by Crippen LogP contribution is -2.45. The van der Waals surface area contributed by atoms with Crippen molar-refractivity contribution >= 4 is 11.4 Å². The molecule has 0 unspecified atom stereocenters. The summed E-state index contributed by atoms with van der Waals surface area (Å²) in [5.74, 6) is 0. The molecule has 0 aromatic carbocycles. The van der Waals surface area contributed by atoms with E-state index in [2.05, 4.69) is 64.3 Å². The van der Waals surface area contributed by atoms with Gasteiger partial charge in [-0.15, -0.1) is 0 Å². The molecule has 0 heterocycles. The Kier molecular flexibility index (Phi) is 23.3. The fourth-order valence-electron chi connectivity index (χ4n) is 1.22. The number of nitrogens with zero attached hydrogens (tertiary/aromatic N) is 1. The lowest BCUT2D eigenvalue weighted by atomic mass is 9.91. The Morgan fingerprint density at radius 1 is 0.793 bits per heavy atom. The predicted octanol–water partition coefficient (Wildman–Crippen LogP) is 6.89. The Morgan fingerprint density at radius 3 is 1.28 bits per heavy atom. The van der Waals surface area contributed by atoms with Crippen LogP contribution in [0.5, 0.6) is 0 Å². The van der Waals surface area contributed by atoms with Gasteiger partial charge in [-0.05, 0) is 74.4 Å². The smallest absolute Gasteiger partial charge is 0.0593 e. The van der Waals surface area contributed by atoms with Crippen LogP contribution in [0, 0.1) is 10.8 Å². The van der Waals surface area contributed by atoms with Crippen molar-refractivity contribution in [1.82, 2.24) is 10.6 Å². The molecule has 0 saturated carbocycles. The number of oxime groups is 1. The van der Waals surface area contributed by atoms with E-state index in [1.165, 1.54) is 12.8 Å². The van der Waals surface area contributed by atoms with E-state index in [-0.39, 0.29) is 11.0 Å². The minimum Gasteiger partial charge on any atom is -0.411 e. The molecule has 0 fully saturated rings. The molecular weight excluding hydrogens is 360 g/mol. The van der Waals surface area contributed by atoms with E-state index in [1.54, 1.807) is 6.92 Å². The first kappa shape index (κ1) is 35.5. The number of hydrogen-bond acceptors (Lipinski definition) is 5. The van der Waals surface area contributed by atoms with E-state index in [0.29, 0.717) is 11.3 Å². The van der Waals surface area contributed by atoms with Crippen LogP contribution in [0.1, 0.15) is 116 Å². The molecule has 0 spiro atoms. The van der Waals surface area contributed by atoms with Gasteiger partial charge in [0.15, 0.2) is 0 Å². The molecule has 0 atom stereocenters. The summed E-state index contributed by atoms with van der Waals surface area (Å²) in [5, 5.41) is 25.4. The molecule has 0 aromatic heterocycles. The topological polar surface area (TPSA) is 80.5 Å². The third-order valence-electron chi connectivity index (χ3n) is 3.90. The highest BCUT2D eigenvalue weighted by molar-refractivity contribution is 5.87. The van der Waals surface area contributed by atoms with Crippen LogP contribution in [0.3, 0.4) is 0 Å². The van der Waals surface area contributed by atoms with Crippen LogP contribution in [-0.4, -0.2) is 40.8 Å². The van der Waals surface area contributed by atoms with Crippen molar-refractivity contribution < 1.29 is 5.21 Å². The van der Waals surface area contributed by atoms with Crippen molar-refractivity contribution in [2.24, 2.45) is 10.6 Å². The van der Waals surface area contributed by atoms with Crippen molar-refractivity contribution in [3.05, 3.63) is 0 Å². The van der Waals surface area contributed by atoms with Crippen molar-refractivity contribution in [2.45, 2.75) is 127 Å². The zero-order valence-electron chi connectivity index (χ0n) is 22.4. The first-order valence-corrected chi connectivity index (χ1v) is 11.2. The molecule has 0 rings (SSSR count). The molecule has 29 heavy (non-hydrogen) atoms. The number of rotatable bonds is 6. The maximum atomic E-state index is 8.26. The molecule has 5 heteroatoms. The standard InChI is InChI=1S/C8H18N2.C7H17N.C6H13NO.C3H8/c1-5-6-10-8(3,4)7(2)9;1-5-6-8-7(2,3)4;1-5(7-8)6(2,3)4;1-3-2/h9-10H,5-6H2,1-4H3;8H,5-6H2,1-4H3;8H,1-4H3;3H2,1-2H3/b;;7-5-;. The van der Waals surface area contributed by atoms with Gasteiger partial charge in [-0.25, -0.2) is 0 Å². The Labute approximate surface area is 184 Å². The molecule has 5 nitrogen and oxygen atoms in total.